The van der Waals surface area contributed by atoms with Gasteiger partial charge in [0.15, 0.2) is 24.4 Å². The number of anilines is 2. The maximum atomic E-state index is 14.5. The minimum absolute atomic E-state index is 0.00304. The van der Waals surface area contributed by atoms with E-state index in [1.54, 1.807) is 40.2 Å². The van der Waals surface area contributed by atoms with Gasteiger partial charge in [-0.15, -0.1) is 0 Å². The van der Waals surface area contributed by atoms with E-state index in [0.717, 1.165) is 61.5 Å². The van der Waals surface area contributed by atoms with Crippen molar-refractivity contribution in [2.24, 2.45) is 23.7 Å². The molecule has 2 saturated carbocycles. The molecule has 8 atom stereocenters. The molecule has 564 valence electrons. The van der Waals surface area contributed by atoms with E-state index in [9.17, 15) is 43.2 Å². The maximum absolute atomic E-state index is 14.5. The molecule has 2 aliphatic heterocycles. The number of hydrogen-bond acceptors (Lipinski definition) is 23. The summed E-state index contributed by atoms with van der Waals surface area (Å²) in [5, 5.41) is 3.03. The van der Waals surface area contributed by atoms with E-state index in [0.29, 0.717) is 69.4 Å². The summed E-state index contributed by atoms with van der Waals surface area (Å²) in [6.45, 7) is 21.1. The van der Waals surface area contributed by atoms with E-state index in [1.165, 1.54) is 49.7 Å². The standard InChI is InChI=1S/C41H58N4O10.C36H50N4O8/c1-27(2)22-32(38(48)53-28(3)37(47)52-26-30-12-10-9-11-13-30)43(7)36(46)34(24-31-16-17-35(42-25-31)45-18-20-51-21-19-45)54-39(49)33(23-29-14-15-29)44(8)40(50)55-41(4,5)6;1-24(2)19-30(36(44)47-25(3)34(42)46-23-27-9-7-6-8-10-27)39(5)33(41)31(48-35(43)29(37-4)20-26-11-12-26)21-28-13-14-32(38-22-28)40-15-17-45-18-16-40/h9-13,16-17,25,27-29,32-34H,14-15,18-24,26H2,1-8H3;6-10,13-14,22,24-26,29-31,37H,11-12,15-21,23H2,1-5H3/t28-,32+,33+,34-;25-,29+,30+,31-/m11/s1. The summed E-state index contributed by atoms with van der Waals surface area (Å²) < 4.78 is 50.2. The van der Waals surface area contributed by atoms with Gasteiger partial charge in [0, 0.05) is 72.6 Å². The lowest BCUT2D eigenvalue weighted by molar-refractivity contribution is -0.174. The van der Waals surface area contributed by atoms with Crippen molar-refractivity contribution in [3.8, 4) is 0 Å². The number of nitrogens with zero attached hydrogens (tertiary/aromatic N) is 7. The first-order chi connectivity index (χ1) is 49.1. The largest absolute Gasteiger partial charge is 0.458 e. The average molecular weight is 1430 g/mol. The fraction of sp³-hybridized carbons (Fsp3) is 0.597. The van der Waals surface area contributed by atoms with Crippen molar-refractivity contribution in [2.75, 3.05) is 90.6 Å². The number of amides is 3. The van der Waals surface area contributed by atoms with Crippen LogP contribution in [0.2, 0.25) is 0 Å². The first kappa shape index (κ1) is 81.5. The number of nitrogens with one attached hydrogen (secondary N) is 1. The quantitative estimate of drug-likeness (QED) is 0.0340. The van der Waals surface area contributed by atoms with Crippen LogP contribution in [-0.2, 0) is 107 Å². The van der Waals surface area contributed by atoms with Gasteiger partial charge >= 0.3 is 41.9 Å². The Morgan fingerprint density at radius 1 is 0.495 bits per heavy atom. The molecule has 26 nitrogen and oxygen atoms in total. The Labute approximate surface area is 606 Å². The highest BCUT2D eigenvalue weighted by Crippen LogP contribution is 2.36. The Bertz CT molecular complexity index is 3370. The van der Waals surface area contributed by atoms with Crippen LogP contribution in [-0.4, -0.2) is 213 Å². The van der Waals surface area contributed by atoms with Crippen LogP contribution in [0.1, 0.15) is 136 Å². The predicted molar refractivity (Wildman–Crippen MR) is 383 cm³/mol. The Kier molecular flexibility index (Phi) is 31.5. The highest BCUT2D eigenvalue weighted by molar-refractivity contribution is 5.92. The third-order valence-electron chi connectivity index (χ3n) is 18.0. The average Bonchev–Trinajstić information content (AvgIpc) is 1.45. The second-order valence-corrected chi connectivity index (χ2v) is 28.8. The van der Waals surface area contributed by atoms with Gasteiger partial charge in [0.2, 0.25) is 0 Å². The summed E-state index contributed by atoms with van der Waals surface area (Å²) in [4.78, 5) is 139. The molecule has 26 heteroatoms. The Hall–Kier alpha value is -8.75. The maximum Gasteiger partial charge on any atom is 0.410 e. The number of rotatable bonds is 34. The van der Waals surface area contributed by atoms with E-state index in [2.05, 4.69) is 25.1 Å². The van der Waals surface area contributed by atoms with Crippen LogP contribution in [0.3, 0.4) is 0 Å². The van der Waals surface area contributed by atoms with Crippen LogP contribution in [0, 0.1) is 23.7 Å². The molecule has 103 heavy (non-hydrogen) atoms. The van der Waals surface area contributed by atoms with E-state index >= 15 is 0 Å². The summed E-state index contributed by atoms with van der Waals surface area (Å²) in [6.07, 6.45) is 3.00. The highest BCUT2D eigenvalue weighted by atomic mass is 16.6. The minimum atomic E-state index is -1.39. The van der Waals surface area contributed by atoms with Crippen LogP contribution in [0.5, 0.6) is 0 Å². The molecular formula is C77H108N8O18. The molecule has 0 unspecified atom stereocenters. The lowest BCUT2D eigenvalue weighted by Gasteiger charge is -2.33. The number of likely N-dealkylation sites (N-methyl/N-ethyl adjacent to an activating group) is 4. The molecule has 1 N–H and O–H groups in total. The van der Waals surface area contributed by atoms with Gasteiger partial charge in [0.1, 0.15) is 54.6 Å². The third-order valence-corrected chi connectivity index (χ3v) is 18.0. The summed E-state index contributed by atoms with van der Waals surface area (Å²) in [7, 11) is 6.13. The van der Waals surface area contributed by atoms with Crippen LogP contribution >= 0.6 is 0 Å². The van der Waals surface area contributed by atoms with Gasteiger partial charge in [0.25, 0.3) is 11.8 Å². The molecule has 0 spiro atoms. The molecule has 0 radical (unpaired) electrons. The number of carbonyl (C=O) groups excluding carboxylic acids is 9. The van der Waals surface area contributed by atoms with Crippen molar-refractivity contribution in [2.45, 2.75) is 194 Å². The Morgan fingerprint density at radius 3 is 1.24 bits per heavy atom. The molecule has 2 aromatic carbocycles. The Morgan fingerprint density at radius 2 is 0.883 bits per heavy atom. The fourth-order valence-electron chi connectivity index (χ4n) is 11.6. The summed E-state index contributed by atoms with van der Waals surface area (Å²) in [6, 6.07) is 22.0. The van der Waals surface area contributed by atoms with Crippen molar-refractivity contribution < 1.29 is 85.8 Å². The number of aromatic nitrogens is 2. The smallest absolute Gasteiger partial charge is 0.410 e. The van der Waals surface area contributed by atoms with Gasteiger partial charge in [-0.05, 0) is 125 Å². The summed E-state index contributed by atoms with van der Waals surface area (Å²) in [5.41, 5.74) is 2.11. The normalized spacial score (nSPS) is 16.9. The molecule has 8 rings (SSSR count). The molecule has 4 heterocycles. The number of esters is 6. The summed E-state index contributed by atoms with van der Waals surface area (Å²) >= 11 is 0. The molecular weight excluding hydrogens is 1320 g/mol. The number of ether oxygens (including phenoxy) is 9. The number of hydrogen-bond donors (Lipinski definition) is 1. The van der Waals surface area contributed by atoms with Gasteiger partial charge in [0.05, 0.1) is 26.4 Å². The zero-order chi connectivity index (χ0) is 74.9. The van der Waals surface area contributed by atoms with Crippen molar-refractivity contribution in [1.82, 2.24) is 30.0 Å². The van der Waals surface area contributed by atoms with Crippen LogP contribution in [0.15, 0.2) is 97.3 Å². The van der Waals surface area contributed by atoms with Gasteiger partial charge in [-0.3, -0.25) is 19.3 Å². The second-order valence-electron chi connectivity index (χ2n) is 28.8. The zero-order valence-electron chi connectivity index (χ0n) is 62.3. The van der Waals surface area contributed by atoms with Crippen molar-refractivity contribution in [3.63, 3.8) is 0 Å². The van der Waals surface area contributed by atoms with Gasteiger partial charge in [-0.25, -0.2) is 38.7 Å². The van der Waals surface area contributed by atoms with E-state index in [-0.39, 0.29) is 56.7 Å². The first-order valence-electron chi connectivity index (χ1n) is 36.0. The van der Waals surface area contributed by atoms with Crippen LogP contribution in [0.4, 0.5) is 16.4 Å². The van der Waals surface area contributed by atoms with E-state index in [4.69, 9.17) is 42.6 Å². The van der Waals surface area contributed by atoms with Crippen LogP contribution < -0.4 is 15.1 Å². The fourth-order valence-corrected chi connectivity index (χ4v) is 11.6. The van der Waals surface area contributed by atoms with E-state index < -0.39 is 108 Å². The molecule has 4 aliphatic rings. The van der Waals surface area contributed by atoms with Crippen molar-refractivity contribution in [3.05, 3.63) is 120 Å². The number of carbonyl (C=O) groups is 9. The topological polar surface area (TPSA) is 291 Å². The molecule has 2 saturated heterocycles. The van der Waals surface area contributed by atoms with Gasteiger partial charge in [-0.1, -0.05) is 126 Å². The molecule has 2 aromatic heterocycles. The van der Waals surface area contributed by atoms with Gasteiger partial charge in [-0.2, -0.15) is 0 Å². The van der Waals surface area contributed by atoms with Crippen molar-refractivity contribution in [1.29, 1.82) is 0 Å². The molecule has 4 fully saturated rings. The minimum Gasteiger partial charge on any atom is -0.458 e. The molecule has 0 bridgehead atoms. The Balaban J connectivity index is 0.000000291. The number of benzene rings is 2. The summed E-state index contributed by atoms with van der Waals surface area (Å²) in [5.74, 6) is -3.28. The predicted octanol–water partition coefficient (Wildman–Crippen LogP) is 8.27. The molecule has 4 aromatic rings. The number of morpholine rings is 2. The van der Waals surface area contributed by atoms with E-state index in [1.807, 2.05) is 113 Å². The molecule has 2 aliphatic carbocycles. The monoisotopic (exact) mass is 1430 g/mol. The number of pyridine rings is 2. The second kappa shape index (κ2) is 39.8. The SMILES string of the molecule is CC(C)C[C@@H](C(=O)O[C@H](C)C(=O)OCc1ccccc1)N(C)C(=O)[C@@H](Cc1ccc(N2CCOCC2)nc1)OC(=O)[C@H](CC1CC1)N(C)C(=O)OC(C)(C)C.CN[C@@H](CC1CC1)C(=O)O[C@H](Cc1ccc(N2CCOCC2)nc1)C(=O)N(C)[C@@H](CC(C)C)C(=O)O[C@H](C)C(=O)OCc1ccccc1. The van der Waals surface area contributed by atoms with Gasteiger partial charge < -0.3 is 67.5 Å². The molecule has 3 amide bonds. The highest BCUT2D eigenvalue weighted by Gasteiger charge is 2.43. The van der Waals surface area contributed by atoms with Crippen molar-refractivity contribution >= 4 is 65.4 Å². The first-order valence-corrected chi connectivity index (χ1v) is 36.0. The third kappa shape index (κ3) is 26.8. The van der Waals surface area contributed by atoms with Crippen LogP contribution in [0.25, 0.3) is 0 Å². The lowest BCUT2D eigenvalue weighted by atomic mass is 10.0. The lowest BCUT2D eigenvalue weighted by Crippen LogP contribution is -2.52. The zero-order valence-corrected chi connectivity index (χ0v) is 62.3.